The highest BCUT2D eigenvalue weighted by molar-refractivity contribution is 14.1. The third-order valence-electron chi connectivity index (χ3n) is 4.00. The Morgan fingerprint density at radius 3 is 2.57 bits per heavy atom. The van der Waals surface area contributed by atoms with Crippen LogP contribution in [0.15, 0.2) is 28.2 Å². The first-order valence-corrected chi connectivity index (χ1v) is 8.42. The van der Waals surface area contributed by atoms with E-state index in [1.165, 1.54) is 6.42 Å². The van der Waals surface area contributed by atoms with Crippen molar-refractivity contribution in [3.63, 3.8) is 0 Å². The van der Waals surface area contributed by atoms with Gasteiger partial charge in [0.2, 0.25) is 11.9 Å². The average Bonchev–Trinajstić information content (AvgIpc) is 2.41. The molecule has 0 atom stereocenters. The van der Waals surface area contributed by atoms with E-state index >= 15 is 0 Å². The maximum Gasteiger partial charge on any atom is 0.220 e. The molecule has 0 saturated heterocycles. The molecular weight excluding hydrogens is 401 g/mol. The predicted octanol–water partition coefficient (Wildman–Crippen LogP) is 3.05. The molecule has 1 aliphatic heterocycles. The first-order chi connectivity index (χ1) is 10.0. The summed E-state index contributed by atoms with van der Waals surface area (Å²) < 4.78 is 1.08. The van der Waals surface area contributed by atoms with E-state index in [1.54, 1.807) is 0 Å². The van der Waals surface area contributed by atoms with Crippen molar-refractivity contribution >= 4 is 51.8 Å². The smallest absolute Gasteiger partial charge is 0.220 e. The van der Waals surface area contributed by atoms with Crippen LogP contribution in [0.2, 0.25) is 5.02 Å². The summed E-state index contributed by atoms with van der Waals surface area (Å²) in [4.78, 5) is 10.7. The van der Waals surface area contributed by atoms with Crippen molar-refractivity contribution in [3.05, 3.63) is 26.8 Å². The molecule has 1 saturated carbocycles. The van der Waals surface area contributed by atoms with Gasteiger partial charge in [-0.25, -0.2) is 4.99 Å². The van der Waals surface area contributed by atoms with Crippen LogP contribution in [-0.2, 0) is 0 Å². The number of rotatable bonds is 1. The number of hydrogen-bond donors (Lipinski definition) is 2. The molecule has 112 valence electrons. The van der Waals surface area contributed by atoms with Crippen LogP contribution in [0.3, 0.4) is 0 Å². The largest absolute Gasteiger partial charge is 0.369 e. The highest BCUT2D eigenvalue weighted by Crippen LogP contribution is 2.41. The number of guanidine groups is 2. The Bertz CT molecular complexity index is 622. The molecule has 0 radical (unpaired) electrons. The second-order valence-electron chi connectivity index (χ2n) is 5.41. The van der Waals surface area contributed by atoms with Crippen LogP contribution >= 0.6 is 34.2 Å². The van der Waals surface area contributed by atoms with Gasteiger partial charge in [0.05, 0.1) is 10.7 Å². The van der Waals surface area contributed by atoms with Crippen molar-refractivity contribution in [3.8, 4) is 0 Å². The summed E-state index contributed by atoms with van der Waals surface area (Å²) in [5.74, 6) is 0.625. The summed E-state index contributed by atoms with van der Waals surface area (Å²) in [5, 5.41) is 0.653. The summed E-state index contributed by atoms with van der Waals surface area (Å²) in [6.45, 7) is 0. The van der Waals surface area contributed by atoms with Crippen LogP contribution in [-0.4, -0.2) is 17.6 Å². The Morgan fingerprint density at radius 2 is 1.90 bits per heavy atom. The molecule has 2 aliphatic rings. The molecule has 1 heterocycles. The Balaban J connectivity index is 2.10. The van der Waals surface area contributed by atoms with Crippen LogP contribution in [0.1, 0.15) is 32.1 Å². The summed E-state index contributed by atoms with van der Waals surface area (Å²) in [6, 6.07) is 5.90. The van der Waals surface area contributed by atoms with Gasteiger partial charge in [-0.3, -0.25) is 4.90 Å². The zero-order valence-electron chi connectivity index (χ0n) is 11.5. The number of hydrogen-bond acceptors (Lipinski definition) is 5. The van der Waals surface area contributed by atoms with Gasteiger partial charge >= 0.3 is 0 Å². The Labute approximate surface area is 142 Å². The van der Waals surface area contributed by atoms with E-state index in [0.29, 0.717) is 11.0 Å². The molecule has 21 heavy (non-hydrogen) atoms. The zero-order chi connectivity index (χ0) is 15.0. The van der Waals surface area contributed by atoms with Gasteiger partial charge in [0.15, 0.2) is 0 Å². The Hall–Kier alpha value is -1.02. The van der Waals surface area contributed by atoms with E-state index in [2.05, 4.69) is 32.6 Å². The molecule has 0 unspecified atom stereocenters. The predicted molar refractivity (Wildman–Crippen MR) is 95.7 cm³/mol. The zero-order valence-corrected chi connectivity index (χ0v) is 14.4. The van der Waals surface area contributed by atoms with Crippen LogP contribution < -0.4 is 16.4 Å². The van der Waals surface area contributed by atoms with Gasteiger partial charge in [0, 0.05) is 3.57 Å². The fraction of sp³-hybridized carbons (Fsp3) is 0.429. The van der Waals surface area contributed by atoms with E-state index in [0.717, 1.165) is 34.9 Å². The number of benzene rings is 1. The average molecular weight is 418 g/mol. The molecule has 0 amide bonds. The van der Waals surface area contributed by atoms with E-state index in [9.17, 15) is 0 Å². The van der Waals surface area contributed by atoms with Gasteiger partial charge in [0.1, 0.15) is 5.66 Å². The third kappa shape index (κ3) is 2.70. The van der Waals surface area contributed by atoms with Crippen LogP contribution in [0.5, 0.6) is 0 Å². The van der Waals surface area contributed by atoms with Crippen molar-refractivity contribution in [2.45, 2.75) is 37.8 Å². The van der Waals surface area contributed by atoms with Gasteiger partial charge in [-0.1, -0.05) is 18.0 Å². The summed E-state index contributed by atoms with van der Waals surface area (Å²) in [5.41, 5.74) is 12.4. The first-order valence-electron chi connectivity index (χ1n) is 6.97. The van der Waals surface area contributed by atoms with Gasteiger partial charge in [-0.15, -0.1) is 0 Å². The SMILES string of the molecule is NC1=NC2(CCCCC2)N(c2ccc(I)cc2Cl)C(N)=N1. The van der Waals surface area contributed by atoms with Crippen LogP contribution in [0.25, 0.3) is 0 Å². The number of aliphatic imine (C=N–C) groups is 2. The molecule has 4 N–H and O–H groups in total. The molecule has 1 aromatic carbocycles. The quantitative estimate of drug-likeness (QED) is 0.689. The minimum absolute atomic E-state index is 0.257. The number of anilines is 1. The maximum absolute atomic E-state index is 6.43. The molecule has 7 heteroatoms. The first kappa shape index (κ1) is 14.9. The Kier molecular flexibility index (Phi) is 4.00. The Morgan fingerprint density at radius 1 is 1.19 bits per heavy atom. The minimum Gasteiger partial charge on any atom is -0.369 e. The van der Waals surface area contributed by atoms with Crippen molar-refractivity contribution in [1.29, 1.82) is 0 Å². The molecule has 1 aliphatic carbocycles. The van der Waals surface area contributed by atoms with Gasteiger partial charge < -0.3 is 11.5 Å². The van der Waals surface area contributed by atoms with Crippen LogP contribution in [0.4, 0.5) is 5.69 Å². The molecule has 0 bridgehead atoms. The van der Waals surface area contributed by atoms with Crippen molar-refractivity contribution in [1.82, 2.24) is 0 Å². The molecule has 3 rings (SSSR count). The number of nitrogens with zero attached hydrogens (tertiary/aromatic N) is 3. The van der Waals surface area contributed by atoms with Gasteiger partial charge in [0.25, 0.3) is 0 Å². The molecule has 1 fully saturated rings. The monoisotopic (exact) mass is 417 g/mol. The fourth-order valence-electron chi connectivity index (χ4n) is 3.13. The van der Waals surface area contributed by atoms with Gasteiger partial charge in [-0.2, -0.15) is 4.99 Å². The standard InChI is InChI=1S/C14H17ClIN5/c15-10-8-9(16)4-5-11(10)21-13(18)19-12(17)20-14(21)6-2-1-3-7-14/h4-5,8H,1-3,6-7H2,(H4,17,18,19,20). The van der Waals surface area contributed by atoms with E-state index in [1.807, 2.05) is 23.1 Å². The summed E-state index contributed by atoms with van der Waals surface area (Å²) in [6.07, 6.45) is 5.23. The van der Waals surface area contributed by atoms with Crippen molar-refractivity contribution in [2.75, 3.05) is 4.90 Å². The lowest BCUT2D eigenvalue weighted by Gasteiger charge is -2.45. The second kappa shape index (κ2) is 5.64. The van der Waals surface area contributed by atoms with Crippen LogP contribution in [0, 0.1) is 3.57 Å². The highest BCUT2D eigenvalue weighted by Gasteiger charge is 2.43. The van der Waals surface area contributed by atoms with E-state index < -0.39 is 5.66 Å². The summed E-state index contributed by atoms with van der Waals surface area (Å²) >= 11 is 8.67. The topological polar surface area (TPSA) is 80.0 Å². The lowest BCUT2D eigenvalue weighted by Crippen LogP contribution is -2.58. The molecule has 1 spiro atoms. The van der Waals surface area contributed by atoms with E-state index in [-0.39, 0.29) is 5.96 Å². The molecule has 5 nitrogen and oxygen atoms in total. The lowest BCUT2D eigenvalue weighted by atomic mass is 9.87. The highest BCUT2D eigenvalue weighted by atomic mass is 127. The molecule has 1 aromatic rings. The molecule has 0 aromatic heterocycles. The fourth-order valence-corrected chi connectivity index (χ4v) is 4.07. The number of halogens is 2. The maximum atomic E-state index is 6.43. The van der Waals surface area contributed by atoms with Gasteiger partial charge in [-0.05, 0) is 66.5 Å². The van der Waals surface area contributed by atoms with E-state index in [4.69, 9.17) is 23.1 Å². The lowest BCUT2D eigenvalue weighted by molar-refractivity contribution is 0.305. The van der Waals surface area contributed by atoms with Crippen molar-refractivity contribution in [2.24, 2.45) is 21.5 Å². The second-order valence-corrected chi connectivity index (χ2v) is 7.07. The molecular formula is C14H17ClIN5. The minimum atomic E-state index is -0.440. The van der Waals surface area contributed by atoms with Crippen molar-refractivity contribution < 1.29 is 0 Å². The third-order valence-corrected chi connectivity index (χ3v) is 4.98. The number of nitrogens with two attached hydrogens (primary N) is 2. The summed E-state index contributed by atoms with van der Waals surface area (Å²) in [7, 11) is 0. The normalized spacial score (nSPS) is 21.1.